The van der Waals surface area contributed by atoms with Crippen LogP contribution in [0.3, 0.4) is 0 Å². The van der Waals surface area contributed by atoms with Gasteiger partial charge in [-0.05, 0) is 50.3 Å². The second kappa shape index (κ2) is 8.78. The second-order valence-electron chi connectivity index (χ2n) is 8.30. The summed E-state index contributed by atoms with van der Waals surface area (Å²) in [6, 6.07) is 18.8. The van der Waals surface area contributed by atoms with Gasteiger partial charge in [0.2, 0.25) is 0 Å². The first-order valence-corrected chi connectivity index (χ1v) is 10.6. The summed E-state index contributed by atoms with van der Waals surface area (Å²) in [6.45, 7) is 2.52. The van der Waals surface area contributed by atoms with Gasteiger partial charge in [-0.1, -0.05) is 48.9 Å². The number of benzene rings is 2. The minimum absolute atomic E-state index is 0.00679. The Hall–Kier alpha value is -2.66. The number of anilines is 1. The SMILES string of the molecule is CC(=O)c1cccc(NC(=O)NC2C[C@H]3CCC[C@H](C2)N3Cc2ccccc2)c1. The van der Waals surface area contributed by atoms with Crippen molar-refractivity contribution in [2.24, 2.45) is 0 Å². The lowest BCUT2D eigenvalue weighted by molar-refractivity contribution is 0.0200. The van der Waals surface area contributed by atoms with Crippen molar-refractivity contribution in [2.75, 3.05) is 5.32 Å². The number of carbonyl (C=O) groups excluding carboxylic acids is 2. The highest BCUT2D eigenvalue weighted by atomic mass is 16.2. The third-order valence-electron chi connectivity index (χ3n) is 6.20. The first-order chi connectivity index (χ1) is 14.1. The van der Waals surface area contributed by atoms with Crippen molar-refractivity contribution in [1.29, 1.82) is 0 Å². The summed E-state index contributed by atoms with van der Waals surface area (Å²) in [7, 11) is 0. The molecule has 5 heteroatoms. The molecule has 2 atom stereocenters. The van der Waals surface area contributed by atoms with E-state index in [9.17, 15) is 9.59 Å². The van der Waals surface area contributed by atoms with Crippen LogP contribution in [-0.2, 0) is 6.54 Å². The van der Waals surface area contributed by atoms with Crippen molar-refractivity contribution in [3.8, 4) is 0 Å². The Bertz CT molecular complexity index is 853. The zero-order chi connectivity index (χ0) is 20.2. The van der Waals surface area contributed by atoms with Crippen LogP contribution in [0.1, 0.15) is 54.9 Å². The van der Waals surface area contributed by atoms with Gasteiger partial charge in [-0.15, -0.1) is 0 Å². The third kappa shape index (κ3) is 4.85. The lowest BCUT2D eigenvalue weighted by Crippen LogP contribution is -2.56. The van der Waals surface area contributed by atoms with Crippen molar-refractivity contribution in [3.63, 3.8) is 0 Å². The fourth-order valence-electron chi connectivity index (χ4n) is 4.82. The summed E-state index contributed by atoms with van der Waals surface area (Å²) >= 11 is 0. The molecule has 2 amide bonds. The van der Waals surface area contributed by atoms with Crippen molar-refractivity contribution in [3.05, 3.63) is 65.7 Å². The van der Waals surface area contributed by atoms with Crippen LogP contribution >= 0.6 is 0 Å². The van der Waals surface area contributed by atoms with E-state index in [4.69, 9.17) is 0 Å². The summed E-state index contributed by atoms with van der Waals surface area (Å²) in [5, 5.41) is 6.05. The molecule has 0 aromatic heterocycles. The lowest BCUT2D eigenvalue weighted by atomic mass is 9.81. The molecular weight excluding hydrogens is 362 g/mol. The number of piperidine rings is 2. The fourth-order valence-corrected chi connectivity index (χ4v) is 4.82. The van der Waals surface area contributed by atoms with Gasteiger partial charge in [0.05, 0.1) is 0 Å². The second-order valence-corrected chi connectivity index (χ2v) is 8.30. The van der Waals surface area contributed by atoms with Gasteiger partial charge in [-0.25, -0.2) is 4.79 Å². The predicted molar refractivity (Wildman–Crippen MR) is 115 cm³/mol. The Labute approximate surface area is 172 Å². The topological polar surface area (TPSA) is 61.4 Å². The molecule has 2 aromatic rings. The zero-order valence-electron chi connectivity index (χ0n) is 16.9. The molecule has 2 saturated heterocycles. The zero-order valence-corrected chi connectivity index (χ0v) is 16.9. The number of hydrogen-bond donors (Lipinski definition) is 2. The van der Waals surface area contributed by atoms with E-state index in [0.717, 1.165) is 19.4 Å². The number of fused-ring (bicyclic) bond motifs is 2. The molecule has 0 aliphatic carbocycles. The van der Waals surface area contributed by atoms with E-state index < -0.39 is 0 Å². The van der Waals surface area contributed by atoms with Crippen molar-refractivity contribution >= 4 is 17.5 Å². The van der Waals surface area contributed by atoms with Crippen LogP contribution < -0.4 is 10.6 Å². The number of ketones is 1. The summed E-state index contributed by atoms with van der Waals surface area (Å²) in [4.78, 5) is 26.7. The van der Waals surface area contributed by atoms with Gasteiger partial charge >= 0.3 is 6.03 Å². The predicted octanol–water partition coefficient (Wildman–Crippen LogP) is 4.60. The van der Waals surface area contributed by atoms with Gasteiger partial charge in [0.1, 0.15) is 0 Å². The summed E-state index contributed by atoms with van der Waals surface area (Å²) < 4.78 is 0. The van der Waals surface area contributed by atoms with E-state index in [-0.39, 0.29) is 17.9 Å². The van der Waals surface area contributed by atoms with E-state index in [1.54, 1.807) is 18.2 Å². The number of amides is 2. The van der Waals surface area contributed by atoms with Crippen LogP contribution in [0.4, 0.5) is 10.5 Å². The van der Waals surface area contributed by atoms with E-state index in [1.807, 2.05) is 6.07 Å². The average molecular weight is 392 g/mol. The Balaban J connectivity index is 1.35. The number of nitrogens with zero attached hydrogens (tertiary/aromatic N) is 1. The number of urea groups is 1. The molecule has 0 radical (unpaired) electrons. The van der Waals surface area contributed by atoms with Crippen LogP contribution in [0.5, 0.6) is 0 Å². The molecule has 2 aromatic carbocycles. The maximum absolute atomic E-state index is 12.5. The molecule has 2 aliphatic heterocycles. The van der Waals surface area contributed by atoms with Crippen LogP contribution in [0.25, 0.3) is 0 Å². The molecular formula is C24H29N3O2. The molecule has 2 fully saturated rings. The first kappa shape index (κ1) is 19.6. The summed E-state index contributed by atoms with van der Waals surface area (Å²) in [5.74, 6) is -0.00679. The van der Waals surface area contributed by atoms with Gasteiger partial charge in [0.15, 0.2) is 5.78 Å². The molecule has 2 heterocycles. The highest BCUT2D eigenvalue weighted by Crippen LogP contribution is 2.35. The standard InChI is InChI=1S/C24H29N3O2/c1-17(28)19-9-5-10-20(13-19)25-24(29)26-21-14-22-11-6-12-23(15-21)27(22)16-18-7-3-2-4-8-18/h2-5,7-10,13,21-23H,6,11-12,14-16H2,1H3,(H2,25,26,29)/t22-,23-/m1/s1. The Morgan fingerprint density at radius 3 is 2.41 bits per heavy atom. The van der Waals surface area contributed by atoms with Gasteiger partial charge in [-0.3, -0.25) is 9.69 Å². The Morgan fingerprint density at radius 1 is 1.00 bits per heavy atom. The molecule has 2 aliphatic rings. The van der Waals surface area contributed by atoms with Crippen LogP contribution in [0.15, 0.2) is 54.6 Å². The van der Waals surface area contributed by atoms with Crippen LogP contribution in [0.2, 0.25) is 0 Å². The van der Waals surface area contributed by atoms with E-state index in [0.29, 0.717) is 23.3 Å². The van der Waals surface area contributed by atoms with Crippen molar-refractivity contribution < 1.29 is 9.59 Å². The van der Waals surface area contributed by atoms with Gasteiger partial charge in [-0.2, -0.15) is 0 Å². The normalized spacial score (nSPS) is 24.0. The molecule has 0 spiro atoms. The largest absolute Gasteiger partial charge is 0.335 e. The molecule has 4 rings (SSSR count). The van der Waals surface area contributed by atoms with Gasteiger partial charge < -0.3 is 10.6 Å². The average Bonchev–Trinajstić information content (AvgIpc) is 2.69. The van der Waals surface area contributed by atoms with Crippen LogP contribution in [-0.4, -0.2) is 34.8 Å². The molecule has 5 nitrogen and oxygen atoms in total. The summed E-state index contributed by atoms with van der Waals surface area (Å²) in [5.41, 5.74) is 2.61. The molecule has 152 valence electrons. The highest BCUT2D eigenvalue weighted by molar-refractivity contribution is 5.96. The van der Waals surface area contributed by atoms with E-state index in [1.165, 1.54) is 31.7 Å². The molecule has 2 bridgehead atoms. The number of hydrogen-bond acceptors (Lipinski definition) is 3. The maximum Gasteiger partial charge on any atom is 0.319 e. The number of rotatable bonds is 5. The summed E-state index contributed by atoms with van der Waals surface area (Å²) in [6.07, 6.45) is 5.65. The van der Waals surface area contributed by atoms with Crippen molar-refractivity contribution in [1.82, 2.24) is 10.2 Å². The quantitative estimate of drug-likeness (QED) is 0.733. The van der Waals surface area contributed by atoms with E-state index in [2.05, 4.69) is 45.9 Å². The molecule has 0 unspecified atom stereocenters. The fraction of sp³-hybridized carbons (Fsp3) is 0.417. The molecule has 29 heavy (non-hydrogen) atoms. The minimum Gasteiger partial charge on any atom is -0.335 e. The number of carbonyl (C=O) groups is 2. The van der Waals surface area contributed by atoms with Crippen molar-refractivity contribution in [2.45, 2.75) is 63.7 Å². The number of Topliss-reactive ketones (excluding diaryl/α,β-unsaturated/α-hetero) is 1. The minimum atomic E-state index is -0.190. The van der Waals surface area contributed by atoms with Gasteiger partial charge in [0.25, 0.3) is 0 Å². The maximum atomic E-state index is 12.5. The Kier molecular flexibility index (Phi) is 5.95. The Morgan fingerprint density at radius 2 is 1.72 bits per heavy atom. The molecule has 0 saturated carbocycles. The third-order valence-corrected chi connectivity index (χ3v) is 6.20. The highest BCUT2D eigenvalue weighted by Gasteiger charge is 2.38. The first-order valence-electron chi connectivity index (χ1n) is 10.6. The smallest absolute Gasteiger partial charge is 0.319 e. The number of nitrogens with one attached hydrogen (secondary N) is 2. The molecule has 2 N–H and O–H groups in total. The van der Waals surface area contributed by atoms with E-state index >= 15 is 0 Å². The van der Waals surface area contributed by atoms with Gasteiger partial charge in [0, 0.05) is 35.9 Å². The monoisotopic (exact) mass is 391 g/mol. The lowest BCUT2D eigenvalue weighted by Gasteiger charge is -2.49. The van der Waals surface area contributed by atoms with Crippen LogP contribution in [0, 0.1) is 0 Å².